The summed E-state index contributed by atoms with van der Waals surface area (Å²) in [6.45, 7) is 2.31. The topological polar surface area (TPSA) is 0 Å². The molecule has 0 aliphatic carbocycles. The molecule has 0 fully saturated rings. The van der Waals surface area contributed by atoms with Gasteiger partial charge in [0.1, 0.15) is 0 Å². The molecule has 1 unspecified atom stereocenters. The van der Waals surface area contributed by atoms with Crippen LogP contribution in [0.5, 0.6) is 0 Å². The van der Waals surface area contributed by atoms with Crippen LogP contribution in [0.4, 0.5) is 0 Å². The Bertz CT molecular complexity index is 488. The molecule has 0 aromatic heterocycles. The zero-order chi connectivity index (χ0) is 9.54. The van der Waals surface area contributed by atoms with E-state index in [4.69, 9.17) is 0 Å². The van der Waals surface area contributed by atoms with E-state index in [0.717, 1.165) is 5.25 Å². The lowest BCUT2D eigenvalue weighted by Gasteiger charge is -2.03. The molecular formula is C13H12S. The summed E-state index contributed by atoms with van der Waals surface area (Å²) in [7, 11) is 0. The predicted molar refractivity (Wildman–Crippen MR) is 63.0 cm³/mol. The van der Waals surface area contributed by atoms with Gasteiger partial charge in [-0.05, 0) is 22.8 Å². The van der Waals surface area contributed by atoms with Crippen molar-refractivity contribution in [2.24, 2.45) is 0 Å². The Morgan fingerprint density at radius 1 is 1.14 bits per heavy atom. The van der Waals surface area contributed by atoms with Crippen LogP contribution in [0.25, 0.3) is 10.8 Å². The molecule has 1 aliphatic rings. The van der Waals surface area contributed by atoms with Crippen molar-refractivity contribution in [3.8, 4) is 0 Å². The Labute approximate surface area is 88.3 Å². The molecule has 0 saturated heterocycles. The molecule has 14 heavy (non-hydrogen) atoms. The Balaban J connectivity index is 2.33. The van der Waals surface area contributed by atoms with Crippen molar-refractivity contribution in [1.29, 1.82) is 0 Å². The number of rotatable bonds is 0. The average Bonchev–Trinajstić information content (AvgIpc) is 2.59. The molecule has 0 radical (unpaired) electrons. The van der Waals surface area contributed by atoms with Crippen molar-refractivity contribution >= 4 is 22.5 Å². The molecule has 0 saturated carbocycles. The van der Waals surface area contributed by atoms with Crippen molar-refractivity contribution in [3.63, 3.8) is 0 Å². The first-order valence-electron chi connectivity index (χ1n) is 5.02. The monoisotopic (exact) mass is 200 g/mol. The quantitative estimate of drug-likeness (QED) is 0.622. The minimum absolute atomic E-state index is 0.746. The van der Waals surface area contributed by atoms with E-state index >= 15 is 0 Å². The molecule has 1 heterocycles. The lowest BCUT2D eigenvalue weighted by Crippen LogP contribution is -1.90. The van der Waals surface area contributed by atoms with Crippen molar-refractivity contribution in [2.45, 2.75) is 23.5 Å². The first-order valence-corrected chi connectivity index (χ1v) is 5.90. The SMILES string of the molecule is CC1Cc2ccc3ccccc3c2S1. The summed E-state index contributed by atoms with van der Waals surface area (Å²) in [5, 5.41) is 3.54. The van der Waals surface area contributed by atoms with E-state index in [1.807, 2.05) is 11.8 Å². The maximum Gasteiger partial charge on any atom is 0.0186 e. The van der Waals surface area contributed by atoms with Gasteiger partial charge >= 0.3 is 0 Å². The van der Waals surface area contributed by atoms with E-state index in [0.29, 0.717) is 0 Å². The zero-order valence-corrected chi connectivity index (χ0v) is 8.97. The Morgan fingerprint density at radius 2 is 2.00 bits per heavy atom. The van der Waals surface area contributed by atoms with Crippen molar-refractivity contribution in [3.05, 3.63) is 42.0 Å². The fraction of sp³-hybridized carbons (Fsp3) is 0.231. The maximum absolute atomic E-state index is 2.31. The first-order chi connectivity index (χ1) is 6.84. The highest BCUT2D eigenvalue weighted by Gasteiger charge is 2.19. The third-order valence-corrected chi connectivity index (χ3v) is 4.07. The maximum atomic E-state index is 2.31. The Hall–Kier alpha value is -0.950. The molecule has 0 nitrogen and oxygen atoms in total. The molecule has 2 aromatic rings. The molecule has 0 N–H and O–H groups in total. The van der Waals surface area contributed by atoms with Crippen molar-refractivity contribution in [1.82, 2.24) is 0 Å². The van der Waals surface area contributed by atoms with Crippen LogP contribution < -0.4 is 0 Å². The Morgan fingerprint density at radius 3 is 2.93 bits per heavy atom. The highest BCUT2D eigenvalue weighted by Crippen LogP contribution is 2.41. The van der Waals surface area contributed by atoms with Gasteiger partial charge in [-0.25, -0.2) is 0 Å². The average molecular weight is 200 g/mol. The summed E-state index contributed by atoms with van der Waals surface area (Å²) in [6, 6.07) is 13.2. The highest BCUT2D eigenvalue weighted by atomic mass is 32.2. The summed E-state index contributed by atoms with van der Waals surface area (Å²) in [4.78, 5) is 1.51. The molecule has 1 aliphatic heterocycles. The van der Waals surface area contributed by atoms with E-state index in [2.05, 4.69) is 43.3 Å². The normalized spacial score (nSPS) is 19.9. The van der Waals surface area contributed by atoms with Crippen LogP contribution >= 0.6 is 11.8 Å². The molecule has 1 atom stereocenters. The van der Waals surface area contributed by atoms with Gasteiger partial charge in [-0.2, -0.15) is 0 Å². The molecule has 0 spiro atoms. The van der Waals surface area contributed by atoms with Crippen LogP contribution in [-0.2, 0) is 6.42 Å². The standard InChI is InChI=1S/C13H12S/c1-9-8-11-7-6-10-4-2-3-5-12(10)13(11)14-9/h2-7,9H,8H2,1H3. The Kier molecular flexibility index (Phi) is 1.81. The summed E-state index contributed by atoms with van der Waals surface area (Å²) in [5.74, 6) is 0. The second-order valence-electron chi connectivity index (χ2n) is 3.91. The number of benzene rings is 2. The zero-order valence-electron chi connectivity index (χ0n) is 8.16. The second kappa shape index (κ2) is 3.03. The third kappa shape index (κ3) is 1.16. The number of fused-ring (bicyclic) bond motifs is 3. The highest BCUT2D eigenvalue weighted by molar-refractivity contribution is 8.00. The predicted octanol–water partition coefficient (Wildman–Crippen LogP) is 3.88. The molecule has 0 amide bonds. The van der Waals surface area contributed by atoms with Crippen LogP contribution in [0.15, 0.2) is 41.3 Å². The van der Waals surface area contributed by atoms with Gasteiger partial charge in [0.15, 0.2) is 0 Å². The number of thioether (sulfide) groups is 1. The first kappa shape index (κ1) is 8.37. The smallest absolute Gasteiger partial charge is 0.0186 e. The fourth-order valence-electron chi connectivity index (χ4n) is 2.14. The summed E-state index contributed by atoms with van der Waals surface area (Å²) in [6.07, 6.45) is 1.23. The van der Waals surface area contributed by atoms with E-state index in [-0.39, 0.29) is 0 Å². The van der Waals surface area contributed by atoms with Gasteiger partial charge in [0.2, 0.25) is 0 Å². The largest absolute Gasteiger partial charge is 0.122 e. The number of hydrogen-bond donors (Lipinski definition) is 0. The van der Waals surface area contributed by atoms with Crippen LogP contribution in [-0.4, -0.2) is 5.25 Å². The molecule has 2 aromatic carbocycles. The molecular weight excluding hydrogens is 188 g/mol. The summed E-state index contributed by atoms with van der Waals surface area (Å²) >= 11 is 2.02. The van der Waals surface area contributed by atoms with Gasteiger partial charge in [-0.3, -0.25) is 0 Å². The van der Waals surface area contributed by atoms with Gasteiger partial charge in [0.25, 0.3) is 0 Å². The van der Waals surface area contributed by atoms with Crippen LogP contribution in [0, 0.1) is 0 Å². The lowest BCUT2D eigenvalue weighted by atomic mass is 10.0. The van der Waals surface area contributed by atoms with Gasteiger partial charge in [0, 0.05) is 10.1 Å². The fourth-order valence-corrected chi connectivity index (χ4v) is 3.42. The second-order valence-corrected chi connectivity index (χ2v) is 5.36. The summed E-state index contributed by atoms with van der Waals surface area (Å²) in [5.41, 5.74) is 1.53. The van der Waals surface area contributed by atoms with Gasteiger partial charge < -0.3 is 0 Å². The molecule has 0 bridgehead atoms. The molecule has 1 heteroatoms. The summed E-state index contributed by atoms with van der Waals surface area (Å²) < 4.78 is 0. The third-order valence-electron chi connectivity index (χ3n) is 2.79. The van der Waals surface area contributed by atoms with Crippen LogP contribution in [0.2, 0.25) is 0 Å². The minimum atomic E-state index is 0.746. The van der Waals surface area contributed by atoms with Crippen LogP contribution in [0.1, 0.15) is 12.5 Å². The minimum Gasteiger partial charge on any atom is -0.122 e. The van der Waals surface area contributed by atoms with Gasteiger partial charge in [0.05, 0.1) is 0 Å². The van der Waals surface area contributed by atoms with E-state index < -0.39 is 0 Å². The van der Waals surface area contributed by atoms with E-state index in [1.165, 1.54) is 27.7 Å². The van der Waals surface area contributed by atoms with Crippen LogP contribution in [0.3, 0.4) is 0 Å². The van der Waals surface area contributed by atoms with E-state index in [1.54, 1.807) is 0 Å². The van der Waals surface area contributed by atoms with Gasteiger partial charge in [-0.15, -0.1) is 11.8 Å². The lowest BCUT2D eigenvalue weighted by molar-refractivity contribution is 0.962. The molecule has 3 rings (SSSR count). The van der Waals surface area contributed by atoms with Crippen molar-refractivity contribution < 1.29 is 0 Å². The number of hydrogen-bond acceptors (Lipinski definition) is 1. The van der Waals surface area contributed by atoms with E-state index in [9.17, 15) is 0 Å². The molecule has 70 valence electrons. The van der Waals surface area contributed by atoms with Crippen molar-refractivity contribution in [2.75, 3.05) is 0 Å². The van der Waals surface area contributed by atoms with Gasteiger partial charge in [-0.1, -0.05) is 43.3 Å².